The van der Waals surface area contributed by atoms with E-state index in [0.717, 1.165) is 5.56 Å². The van der Waals surface area contributed by atoms with Crippen molar-refractivity contribution in [1.29, 1.82) is 0 Å². The van der Waals surface area contributed by atoms with E-state index in [-0.39, 0.29) is 23.9 Å². The minimum Gasteiger partial charge on any atom is -0.507 e. The van der Waals surface area contributed by atoms with Crippen molar-refractivity contribution in [2.24, 2.45) is 0 Å². The van der Waals surface area contributed by atoms with Gasteiger partial charge in [-0.1, -0.05) is 59.6 Å². The van der Waals surface area contributed by atoms with Gasteiger partial charge in [-0.25, -0.2) is 4.39 Å². The van der Waals surface area contributed by atoms with Gasteiger partial charge in [-0.2, -0.15) is 5.10 Å². The van der Waals surface area contributed by atoms with Gasteiger partial charge in [0.25, 0.3) is 5.91 Å². The van der Waals surface area contributed by atoms with E-state index in [0.29, 0.717) is 38.0 Å². The summed E-state index contributed by atoms with van der Waals surface area (Å²) in [6, 6.07) is 15.9. The quantitative estimate of drug-likeness (QED) is 0.360. The number of aromatic nitrogens is 2. The van der Waals surface area contributed by atoms with Gasteiger partial charge in [0.05, 0.1) is 6.04 Å². The van der Waals surface area contributed by atoms with Crippen molar-refractivity contribution in [3.8, 4) is 17.0 Å². The van der Waals surface area contributed by atoms with Crippen LogP contribution in [0.2, 0.25) is 10.0 Å². The predicted octanol–water partition coefficient (Wildman–Crippen LogP) is 6.28. The number of benzene rings is 3. The number of halogens is 3. The Bertz CT molecular complexity index is 1400. The Kier molecular flexibility index (Phi) is 5.35. The maximum Gasteiger partial charge on any atom is 0.273 e. The normalized spacial score (nSPS) is 15.2. The molecular weight excluding hydrogens is 464 g/mol. The van der Waals surface area contributed by atoms with Crippen LogP contribution in [0.1, 0.15) is 38.8 Å². The topological polar surface area (TPSA) is 69.2 Å². The first kappa shape index (κ1) is 21.5. The predicted molar refractivity (Wildman–Crippen MR) is 125 cm³/mol. The van der Waals surface area contributed by atoms with Crippen molar-refractivity contribution in [2.75, 3.05) is 0 Å². The Morgan fingerprint density at radius 3 is 2.58 bits per heavy atom. The number of carbonyl (C=O) groups is 1. The van der Waals surface area contributed by atoms with Crippen LogP contribution in [0.15, 0.2) is 60.7 Å². The third kappa shape index (κ3) is 3.56. The van der Waals surface area contributed by atoms with Gasteiger partial charge in [0.2, 0.25) is 0 Å². The lowest BCUT2D eigenvalue weighted by Gasteiger charge is -2.27. The highest BCUT2D eigenvalue weighted by Crippen LogP contribution is 2.46. The highest BCUT2D eigenvalue weighted by molar-refractivity contribution is 6.32. The van der Waals surface area contributed by atoms with E-state index >= 15 is 4.39 Å². The number of hydrogen-bond donors (Lipinski definition) is 2. The Morgan fingerprint density at radius 1 is 1.09 bits per heavy atom. The van der Waals surface area contributed by atoms with Crippen LogP contribution in [0.25, 0.3) is 11.3 Å². The van der Waals surface area contributed by atoms with E-state index in [4.69, 9.17) is 23.2 Å². The molecule has 1 atom stereocenters. The Balaban J connectivity index is 1.71. The van der Waals surface area contributed by atoms with E-state index in [1.807, 2.05) is 12.1 Å². The lowest BCUT2D eigenvalue weighted by molar-refractivity contribution is 0.0728. The third-order valence-electron chi connectivity index (χ3n) is 5.89. The molecule has 1 aliphatic heterocycles. The van der Waals surface area contributed by atoms with Crippen molar-refractivity contribution in [3.63, 3.8) is 0 Å². The molecule has 166 valence electrons. The molecule has 0 spiro atoms. The van der Waals surface area contributed by atoms with Crippen LogP contribution in [0.3, 0.4) is 0 Å². The maximum atomic E-state index is 15.0. The van der Waals surface area contributed by atoms with Gasteiger partial charge in [-0.3, -0.25) is 9.89 Å². The number of nitrogens with one attached hydrogen (secondary N) is 1. The molecule has 0 saturated carbocycles. The van der Waals surface area contributed by atoms with Gasteiger partial charge in [-0.15, -0.1) is 0 Å². The molecule has 0 fully saturated rings. The molecule has 1 amide bonds. The summed E-state index contributed by atoms with van der Waals surface area (Å²) in [7, 11) is 0. The molecule has 33 heavy (non-hydrogen) atoms. The molecule has 2 heterocycles. The number of aromatic amines is 1. The van der Waals surface area contributed by atoms with Crippen LogP contribution in [-0.4, -0.2) is 26.1 Å². The number of aromatic hydroxyl groups is 1. The summed E-state index contributed by atoms with van der Waals surface area (Å²) < 4.78 is 15.0. The molecule has 0 aliphatic carbocycles. The van der Waals surface area contributed by atoms with Crippen LogP contribution in [0, 0.1) is 12.7 Å². The summed E-state index contributed by atoms with van der Waals surface area (Å²) in [5, 5.41) is 18.7. The fourth-order valence-electron chi connectivity index (χ4n) is 4.25. The number of phenolic OH excluding ortho intramolecular Hbond substituents is 1. The van der Waals surface area contributed by atoms with Crippen LogP contribution in [0.5, 0.6) is 5.75 Å². The monoisotopic (exact) mass is 481 g/mol. The molecule has 0 saturated heterocycles. The highest BCUT2D eigenvalue weighted by atomic mass is 35.5. The molecule has 4 aromatic rings. The number of aryl methyl sites for hydroxylation is 1. The van der Waals surface area contributed by atoms with E-state index in [1.54, 1.807) is 48.2 Å². The largest absolute Gasteiger partial charge is 0.507 e. The van der Waals surface area contributed by atoms with Gasteiger partial charge in [0.1, 0.15) is 23.0 Å². The fourth-order valence-corrected chi connectivity index (χ4v) is 4.61. The van der Waals surface area contributed by atoms with Crippen LogP contribution < -0.4 is 0 Å². The number of amides is 1. The van der Waals surface area contributed by atoms with Gasteiger partial charge in [0, 0.05) is 33.3 Å². The number of nitrogens with zero attached hydrogens (tertiary/aromatic N) is 2. The second-order valence-corrected chi connectivity index (χ2v) is 8.74. The molecule has 1 aromatic heterocycles. The summed E-state index contributed by atoms with van der Waals surface area (Å²) in [5.74, 6) is -0.823. The zero-order chi connectivity index (χ0) is 23.3. The average Bonchev–Trinajstić information content (AvgIpc) is 3.32. The summed E-state index contributed by atoms with van der Waals surface area (Å²) in [6.45, 7) is 1.94. The molecule has 1 unspecified atom stereocenters. The zero-order valence-electron chi connectivity index (χ0n) is 17.4. The van der Waals surface area contributed by atoms with Crippen LogP contribution >= 0.6 is 23.2 Å². The van der Waals surface area contributed by atoms with Crippen LogP contribution in [0.4, 0.5) is 4.39 Å². The summed E-state index contributed by atoms with van der Waals surface area (Å²) >= 11 is 12.7. The number of carbonyl (C=O) groups excluding carboxylic acids is 1. The molecule has 3 aromatic carbocycles. The zero-order valence-corrected chi connectivity index (χ0v) is 19.0. The average molecular weight is 482 g/mol. The lowest BCUT2D eigenvalue weighted by Crippen LogP contribution is -2.29. The van der Waals surface area contributed by atoms with Gasteiger partial charge < -0.3 is 10.0 Å². The first-order chi connectivity index (χ1) is 15.9. The third-order valence-corrected chi connectivity index (χ3v) is 6.67. The highest BCUT2D eigenvalue weighted by Gasteiger charge is 2.43. The molecule has 8 heteroatoms. The van der Waals surface area contributed by atoms with E-state index in [1.165, 1.54) is 12.1 Å². The van der Waals surface area contributed by atoms with Crippen LogP contribution in [-0.2, 0) is 6.54 Å². The van der Waals surface area contributed by atoms with Gasteiger partial charge in [0.15, 0.2) is 0 Å². The number of H-pyrrole nitrogens is 1. The lowest BCUT2D eigenvalue weighted by atomic mass is 9.94. The molecule has 0 radical (unpaired) electrons. The molecular formula is C25H18Cl2FN3O2. The SMILES string of the molecule is Cc1cc(O)c(-c2n[nH]c3c2C(c2ccccc2F)N(Cc2ccccc2Cl)C3=O)cc1Cl. The van der Waals surface area contributed by atoms with Crippen molar-refractivity contribution < 1.29 is 14.3 Å². The van der Waals surface area contributed by atoms with E-state index < -0.39 is 11.9 Å². The minimum atomic E-state index is -0.779. The van der Waals surface area contributed by atoms with Crippen molar-refractivity contribution in [1.82, 2.24) is 15.1 Å². The Hall–Kier alpha value is -3.35. The minimum absolute atomic E-state index is 0.0320. The number of fused-ring (bicyclic) bond motifs is 1. The summed E-state index contributed by atoms with van der Waals surface area (Å²) in [6.07, 6.45) is 0. The first-order valence-electron chi connectivity index (χ1n) is 10.2. The molecule has 0 bridgehead atoms. The second kappa shape index (κ2) is 8.21. The van der Waals surface area contributed by atoms with Gasteiger partial charge in [-0.05, 0) is 42.3 Å². The smallest absolute Gasteiger partial charge is 0.273 e. The number of hydrogen-bond acceptors (Lipinski definition) is 3. The molecule has 2 N–H and O–H groups in total. The molecule has 5 nitrogen and oxygen atoms in total. The Morgan fingerprint density at radius 2 is 1.82 bits per heavy atom. The molecule has 1 aliphatic rings. The van der Waals surface area contributed by atoms with Crippen molar-refractivity contribution in [2.45, 2.75) is 19.5 Å². The van der Waals surface area contributed by atoms with E-state index in [2.05, 4.69) is 10.2 Å². The number of phenols is 1. The maximum absolute atomic E-state index is 15.0. The summed E-state index contributed by atoms with van der Waals surface area (Å²) in [4.78, 5) is 15.0. The standard InChI is InChI=1S/C25H18Cl2FN3O2/c1-13-10-20(32)16(11-18(13)27)22-21-23(30-29-22)25(33)31(12-14-6-2-4-8-17(14)26)24(21)15-7-3-5-9-19(15)28/h2-11,24,32H,12H2,1H3,(H,29,30). The Labute approximate surface area is 199 Å². The van der Waals surface area contributed by atoms with E-state index in [9.17, 15) is 9.90 Å². The fraction of sp³-hybridized carbons (Fsp3) is 0.120. The number of rotatable bonds is 4. The molecule has 5 rings (SSSR count). The second-order valence-electron chi connectivity index (χ2n) is 7.93. The van der Waals surface area contributed by atoms with Crippen molar-refractivity contribution in [3.05, 3.63) is 104 Å². The first-order valence-corrected chi connectivity index (χ1v) is 11.0. The van der Waals surface area contributed by atoms with Crippen molar-refractivity contribution >= 4 is 29.1 Å². The summed E-state index contributed by atoms with van der Waals surface area (Å²) in [5.41, 5.74) is 3.16. The van der Waals surface area contributed by atoms with Gasteiger partial charge >= 0.3 is 0 Å².